The molecule has 0 unspecified atom stereocenters. The lowest BCUT2D eigenvalue weighted by Gasteiger charge is -2.25. The van der Waals surface area contributed by atoms with Crippen LogP contribution in [0.15, 0.2) is 24.3 Å². The highest BCUT2D eigenvalue weighted by Gasteiger charge is 2.19. The summed E-state index contributed by atoms with van der Waals surface area (Å²) >= 11 is 0. The molecule has 0 aliphatic heterocycles. The summed E-state index contributed by atoms with van der Waals surface area (Å²) in [6, 6.07) is -0.661. The molecule has 1 amide bonds. The van der Waals surface area contributed by atoms with Gasteiger partial charge in [0.15, 0.2) is 0 Å². The number of unbranched alkanes of at least 4 members (excludes halogenated alkanes) is 24. The molecule has 6 heteroatoms. The van der Waals surface area contributed by atoms with E-state index in [9.17, 15) is 4.79 Å². The highest BCUT2D eigenvalue weighted by Crippen LogP contribution is 2.12. The third-order valence-corrected chi connectivity index (χ3v) is 9.49. The molecule has 0 aromatic carbocycles. The maximum absolute atomic E-state index is 12.7. The number of ether oxygens (including phenoxy) is 2. The van der Waals surface area contributed by atoms with Crippen LogP contribution in [-0.4, -0.2) is 62.9 Å². The van der Waals surface area contributed by atoms with Gasteiger partial charge in [-0.3, -0.25) is 4.79 Å². The van der Waals surface area contributed by atoms with Crippen LogP contribution >= 0.6 is 0 Å². The highest BCUT2D eigenvalue weighted by molar-refractivity contribution is 5.81. The summed E-state index contributed by atoms with van der Waals surface area (Å²) in [7, 11) is 0. The van der Waals surface area contributed by atoms with Gasteiger partial charge in [0.05, 0.1) is 19.3 Å². The lowest BCUT2D eigenvalue weighted by molar-refractivity contribution is -0.134. The molecule has 0 aliphatic rings. The van der Waals surface area contributed by atoms with Gasteiger partial charge >= 0.3 is 0 Å². The third kappa shape index (κ3) is 36.4. The second kappa shape index (κ2) is 41.2. The summed E-state index contributed by atoms with van der Waals surface area (Å²) in [6.45, 7) is 8.34. The zero-order valence-corrected chi connectivity index (χ0v) is 33.0. The maximum atomic E-state index is 12.7. The molecule has 0 rings (SSSR count). The van der Waals surface area contributed by atoms with Crippen LogP contribution in [0.5, 0.6) is 0 Å². The predicted molar refractivity (Wildman–Crippen MR) is 214 cm³/mol. The standard InChI is InChI=1S/C43H85N3O3/c1-3-5-7-9-11-13-15-17-19-21-23-25-27-29-31-33-37-48-39-35-46(43(47)42(45)41-44)36-40-49-38-34-32-30-28-26-24-22-20-18-16-14-12-10-8-6-4-2/h17-20,42H,3-16,21-41,44-45H2,1-2H3/t42-/m0/s1. The molecule has 0 bridgehead atoms. The molecule has 6 nitrogen and oxygen atoms in total. The van der Waals surface area contributed by atoms with Crippen molar-refractivity contribution in [1.29, 1.82) is 0 Å². The monoisotopic (exact) mass is 692 g/mol. The van der Waals surface area contributed by atoms with Crippen molar-refractivity contribution in [1.82, 2.24) is 4.90 Å². The molecule has 0 saturated heterocycles. The number of hydrogen-bond acceptors (Lipinski definition) is 5. The van der Waals surface area contributed by atoms with Crippen molar-refractivity contribution in [2.24, 2.45) is 11.5 Å². The van der Waals surface area contributed by atoms with Gasteiger partial charge in [-0.2, -0.15) is 0 Å². The largest absolute Gasteiger partial charge is 0.380 e. The Bertz CT molecular complexity index is 666. The Morgan fingerprint density at radius 2 is 0.796 bits per heavy atom. The first-order valence-electron chi connectivity index (χ1n) is 21.4. The summed E-state index contributed by atoms with van der Waals surface area (Å²) in [4.78, 5) is 14.5. The van der Waals surface area contributed by atoms with Gasteiger partial charge in [-0.15, -0.1) is 0 Å². The number of allylic oxidation sites excluding steroid dienone is 4. The van der Waals surface area contributed by atoms with E-state index in [0.29, 0.717) is 26.3 Å². The minimum atomic E-state index is -0.661. The van der Waals surface area contributed by atoms with E-state index in [1.54, 1.807) is 4.90 Å². The zero-order valence-electron chi connectivity index (χ0n) is 33.0. The van der Waals surface area contributed by atoms with Crippen molar-refractivity contribution >= 4 is 5.91 Å². The summed E-state index contributed by atoms with van der Waals surface area (Å²) < 4.78 is 11.7. The summed E-state index contributed by atoms with van der Waals surface area (Å²) in [5, 5.41) is 0. The molecule has 49 heavy (non-hydrogen) atoms. The average molecular weight is 692 g/mol. The molecular formula is C43H85N3O3. The van der Waals surface area contributed by atoms with Gasteiger partial charge in [0.1, 0.15) is 0 Å². The number of nitrogens with zero attached hydrogens (tertiary/aromatic N) is 1. The number of amides is 1. The first kappa shape index (κ1) is 47.8. The molecule has 0 aliphatic carbocycles. The predicted octanol–water partition coefficient (Wildman–Crippen LogP) is 11.2. The fraction of sp³-hybridized carbons (Fsp3) is 0.884. The fourth-order valence-electron chi connectivity index (χ4n) is 6.12. The van der Waals surface area contributed by atoms with Crippen molar-refractivity contribution in [2.75, 3.05) is 46.1 Å². The molecule has 0 heterocycles. The Hall–Kier alpha value is -1.21. The van der Waals surface area contributed by atoms with Gasteiger partial charge in [-0.05, 0) is 64.2 Å². The number of hydrogen-bond donors (Lipinski definition) is 2. The Labute approximate surface area is 306 Å². The third-order valence-electron chi connectivity index (χ3n) is 9.49. The Morgan fingerprint density at radius 1 is 0.490 bits per heavy atom. The van der Waals surface area contributed by atoms with E-state index in [0.717, 1.165) is 26.1 Å². The quantitative estimate of drug-likeness (QED) is 0.0493. The summed E-state index contributed by atoms with van der Waals surface area (Å²) in [6.07, 6.45) is 46.1. The molecule has 1 atom stereocenters. The molecule has 0 aromatic rings. The first-order chi connectivity index (χ1) is 24.2. The van der Waals surface area contributed by atoms with Gasteiger partial charge in [0, 0.05) is 32.8 Å². The second-order valence-electron chi connectivity index (χ2n) is 14.3. The van der Waals surface area contributed by atoms with E-state index >= 15 is 0 Å². The highest BCUT2D eigenvalue weighted by atomic mass is 16.5. The van der Waals surface area contributed by atoms with Gasteiger partial charge in [0.25, 0.3) is 0 Å². The van der Waals surface area contributed by atoms with Crippen LogP contribution in [0.2, 0.25) is 0 Å². The van der Waals surface area contributed by atoms with Crippen molar-refractivity contribution in [3.05, 3.63) is 24.3 Å². The summed E-state index contributed by atoms with van der Waals surface area (Å²) in [5.74, 6) is -0.107. The molecule has 0 aromatic heterocycles. The molecule has 4 N–H and O–H groups in total. The molecular weight excluding hydrogens is 606 g/mol. The second-order valence-corrected chi connectivity index (χ2v) is 14.3. The van der Waals surface area contributed by atoms with Gasteiger partial charge < -0.3 is 25.8 Å². The summed E-state index contributed by atoms with van der Waals surface area (Å²) in [5.41, 5.74) is 11.6. The van der Waals surface area contributed by atoms with Gasteiger partial charge in [0.2, 0.25) is 5.91 Å². The number of nitrogens with two attached hydrogens (primary N) is 2. The van der Waals surface area contributed by atoms with E-state index < -0.39 is 6.04 Å². The van der Waals surface area contributed by atoms with Crippen LogP contribution in [0.1, 0.15) is 194 Å². The van der Waals surface area contributed by atoms with E-state index in [1.807, 2.05) is 0 Å². The first-order valence-corrected chi connectivity index (χ1v) is 21.4. The van der Waals surface area contributed by atoms with Crippen LogP contribution in [0.3, 0.4) is 0 Å². The van der Waals surface area contributed by atoms with E-state index in [2.05, 4.69) is 38.2 Å². The number of carbonyl (C=O) groups is 1. The minimum absolute atomic E-state index is 0.107. The molecule has 0 spiro atoms. The van der Waals surface area contributed by atoms with Crippen molar-refractivity contribution in [3.8, 4) is 0 Å². The normalized spacial score (nSPS) is 12.5. The van der Waals surface area contributed by atoms with Gasteiger partial charge in [-0.25, -0.2) is 0 Å². The topological polar surface area (TPSA) is 90.8 Å². The van der Waals surface area contributed by atoms with E-state index in [-0.39, 0.29) is 12.5 Å². The van der Waals surface area contributed by atoms with Crippen LogP contribution in [0.4, 0.5) is 0 Å². The maximum Gasteiger partial charge on any atom is 0.240 e. The lowest BCUT2D eigenvalue weighted by atomic mass is 10.1. The van der Waals surface area contributed by atoms with Crippen LogP contribution in [-0.2, 0) is 14.3 Å². The van der Waals surface area contributed by atoms with Crippen molar-refractivity contribution < 1.29 is 14.3 Å². The van der Waals surface area contributed by atoms with E-state index in [4.69, 9.17) is 20.9 Å². The van der Waals surface area contributed by atoms with Crippen LogP contribution in [0, 0.1) is 0 Å². The van der Waals surface area contributed by atoms with Crippen molar-refractivity contribution in [2.45, 2.75) is 200 Å². The lowest BCUT2D eigenvalue weighted by Crippen LogP contribution is -2.49. The Morgan fingerprint density at radius 3 is 1.12 bits per heavy atom. The SMILES string of the molecule is CCCCCCCCC=CCCCCCCCCOCCN(CCOCCCCCCCCC=CCCCCCCCC)C(=O)[C@@H](N)CN. The minimum Gasteiger partial charge on any atom is -0.380 e. The molecule has 290 valence electrons. The fourth-order valence-corrected chi connectivity index (χ4v) is 6.12. The van der Waals surface area contributed by atoms with E-state index in [1.165, 1.54) is 167 Å². The average Bonchev–Trinajstić information content (AvgIpc) is 3.11. The Balaban J connectivity index is 3.70. The van der Waals surface area contributed by atoms with Crippen LogP contribution < -0.4 is 11.5 Å². The molecule has 0 fully saturated rings. The zero-order chi connectivity index (χ0) is 35.7. The Kier molecular flexibility index (Phi) is 40.2. The number of carbonyl (C=O) groups excluding carboxylic acids is 1. The number of rotatable bonds is 40. The molecule has 0 radical (unpaired) electrons. The van der Waals surface area contributed by atoms with Crippen molar-refractivity contribution in [3.63, 3.8) is 0 Å². The van der Waals surface area contributed by atoms with Gasteiger partial charge in [-0.1, -0.05) is 154 Å². The smallest absolute Gasteiger partial charge is 0.240 e. The molecule has 0 saturated carbocycles. The van der Waals surface area contributed by atoms with Crippen LogP contribution in [0.25, 0.3) is 0 Å².